The van der Waals surface area contributed by atoms with E-state index in [1.54, 1.807) is 0 Å². The SMILES string of the molecule is CN(Cc1nc(-c2cccc(Br)c2)no1)C1CCNCC1.Cl. The summed E-state index contributed by atoms with van der Waals surface area (Å²) in [6.07, 6.45) is 2.34. The average Bonchev–Trinajstić information content (AvgIpc) is 2.97. The third-order valence-corrected chi connectivity index (χ3v) is 4.36. The van der Waals surface area contributed by atoms with Crippen molar-refractivity contribution in [3.8, 4) is 11.4 Å². The van der Waals surface area contributed by atoms with Crippen LogP contribution in [0.2, 0.25) is 0 Å². The van der Waals surface area contributed by atoms with E-state index in [9.17, 15) is 0 Å². The van der Waals surface area contributed by atoms with E-state index in [2.05, 4.69) is 43.3 Å². The summed E-state index contributed by atoms with van der Waals surface area (Å²) in [4.78, 5) is 6.81. The summed E-state index contributed by atoms with van der Waals surface area (Å²) in [6, 6.07) is 8.51. The van der Waals surface area contributed by atoms with Gasteiger partial charge < -0.3 is 9.84 Å². The van der Waals surface area contributed by atoms with Crippen molar-refractivity contribution in [1.29, 1.82) is 0 Å². The van der Waals surface area contributed by atoms with Crippen LogP contribution in [-0.2, 0) is 6.54 Å². The maximum atomic E-state index is 5.39. The fraction of sp³-hybridized carbons (Fsp3) is 0.467. The molecule has 1 N–H and O–H groups in total. The van der Waals surface area contributed by atoms with Gasteiger partial charge in [0, 0.05) is 16.1 Å². The molecule has 22 heavy (non-hydrogen) atoms. The van der Waals surface area contributed by atoms with Gasteiger partial charge >= 0.3 is 0 Å². The molecule has 1 aromatic carbocycles. The highest BCUT2D eigenvalue weighted by molar-refractivity contribution is 9.10. The van der Waals surface area contributed by atoms with Crippen LogP contribution in [0.25, 0.3) is 11.4 Å². The van der Waals surface area contributed by atoms with Gasteiger partial charge in [-0.1, -0.05) is 33.2 Å². The number of aromatic nitrogens is 2. The first-order chi connectivity index (χ1) is 10.2. The van der Waals surface area contributed by atoms with E-state index in [0.29, 0.717) is 24.3 Å². The highest BCUT2D eigenvalue weighted by Crippen LogP contribution is 2.21. The molecule has 0 spiro atoms. The van der Waals surface area contributed by atoms with E-state index in [1.165, 1.54) is 12.8 Å². The molecule has 120 valence electrons. The van der Waals surface area contributed by atoms with Crippen LogP contribution in [0.15, 0.2) is 33.3 Å². The summed E-state index contributed by atoms with van der Waals surface area (Å²) in [5.41, 5.74) is 0.962. The van der Waals surface area contributed by atoms with Crippen molar-refractivity contribution >= 4 is 28.3 Å². The number of hydrogen-bond acceptors (Lipinski definition) is 5. The average molecular weight is 388 g/mol. The summed E-state index contributed by atoms with van der Waals surface area (Å²) < 4.78 is 6.40. The molecule has 1 saturated heterocycles. The first kappa shape index (κ1) is 17.4. The predicted octanol–water partition coefficient (Wildman–Crippen LogP) is 3.10. The number of nitrogens with zero attached hydrogens (tertiary/aromatic N) is 3. The standard InChI is InChI=1S/C15H19BrN4O.ClH/c1-20(13-5-7-17-8-6-13)10-14-18-15(19-21-14)11-3-2-4-12(16)9-11;/h2-4,9,13,17H,5-8,10H2,1H3;1H. The Morgan fingerprint density at radius 3 is 2.86 bits per heavy atom. The molecule has 0 unspecified atom stereocenters. The van der Waals surface area contributed by atoms with Crippen LogP contribution in [0.3, 0.4) is 0 Å². The van der Waals surface area contributed by atoms with Gasteiger partial charge in [0.2, 0.25) is 11.7 Å². The van der Waals surface area contributed by atoms with Gasteiger partial charge in [0.1, 0.15) is 0 Å². The molecule has 0 atom stereocenters. The van der Waals surface area contributed by atoms with Gasteiger partial charge in [-0.2, -0.15) is 4.98 Å². The summed E-state index contributed by atoms with van der Waals surface area (Å²) in [5, 5.41) is 7.46. The van der Waals surface area contributed by atoms with Crippen molar-refractivity contribution < 1.29 is 4.52 Å². The zero-order valence-electron chi connectivity index (χ0n) is 12.5. The van der Waals surface area contributed by atoms with Gasteiger partial charge in [-0.3, -0.25) is 4.90 Å². The Bertz CT molecular complexity index is 601. The first-order valence-corrected chi connectivity index (χ1v) is 8.01. The molecule has 0 aliphatic carbocycles. The van der Waals surface area contributed by atoms with E-state index in [0.717, 1.165) is 23.1 Å². The molecule has 0 amide bonds. The van der Waals surface area contributed by atoms with Crippen LogP contribution in [0.4, 0.5) is 0 Å². The fourth-order valence-corrected chi connectivity index (χ4v) is 3.05. The molecular formula is C15H20BrClN4O. The Kier molecular flexibility index (Phi) is 6.37. The van der Waals surface area contributed by atoms with Crippen LogP contribution in [0.1, 0.15) is 18.7 Å². The number of piperidine rings is 1. The molecule has 2 aromatic rings. The molecule has 0 radical (unpaired) electrons. The van der Waals surface area contributed by atoms with Gasteiger partial charge in [-0.15, -0.1) is 12.4 Å². The minimum Gasteiger partial charge on any atom is -0.338 e. The highest BCUT2D eigenvalue weighted by Gasteiger charge is 2.20. The van der Waals surface area contributed by atoms with Crippen LogP contribution >= 0.6 is 28.3 Å². The Balaban J connectivity index is 0.00000176. The second-order valence-electron chi connectivity index (χ2n) is 5.42. The van der Waals surface area contributed by atoms with Gasteiger partial charge in [0.05, 0.1) is 6.54 Å². The lowest BCUT2D eigenvalue weighted by Crippen LogP contribution is -2.40. The topological polar surface area (TPSA) is 54.2 Å². The number of benzene rings is 1. The minimum absolute atomic E-state index is 0. The highest BCUT2D eigenvalue weighted by atomic mass is 79.9. The van der Waals surface area contributed by atoms with Crippen LogP contribution in [0.5, 0.6) is 0 Å². The Labute approximate surface area is 145 Å². The zero-order chi connectivity index (χ0) is 14.7. The number of rotatable bonds is 4. The molecule has 0 saturated carbocycles. The lowest BCUT2D eigenvalue weighted by Gasteiger charge is -2.30. The smallest absolute Gasteiger partial charge is 0.241 e. The van der Waals surface area contributed by atoms with Crippen molar-refractivity contribution in [2.45, 2.75) is 25.4 Å². The summed E-state index contributed by atoms with van der Waals surface area (Å²) in [7, 11) is 2.12. The molecule has 1 aliphatic heterocycles. The predicted molar refractivity (Wildman–Crippen MR) is 92.0 cm³/mol. The van der Waals surface area contributed by atoms with Crippen molar-refractivity contribution in [3.63, 3.8) is 0 Å². The Hall–Kier alpha value is -0.950. The summed E-state index contributed by atoms with van der Waals surface area (Å²) in [6.45, 7) is 2.87. The minimum atomic E-state index is 0. The summed E-state index contributed by atoms with van der Waals surface area (Å²) in [5.74, 6) is 1.32. The van der Waals surface area contributed by atoms with Crippen LogP contribution in [0, 0.1) is 0 Å². The van der Waals surface area contributed by atoms with Crippen molar-refractivity contribution in [1.82, 2.24) is 20.4 Å². The molecular weight excluding hydrogens is 368 g/mol. The monoisotopic (exact) mass is 386 g/mol. The van der Waals surface area contributed by atoms with E-state index in [4.69, 9.17) is 4.52 Å². The first-order valence-electron chi connectivity index (χ1n) is 7.22. The lowest BCUT2D eigenvalue weighted by atomic mass is 10.1. The van der Waals surface area contributed by atoms with Crippen molar-refractivity contribution in [3.05, 3.63) is 34.6 Å². The molecule has 1 fully saturated rings. The van der Waals surface area contributed by atoms with Gasteiger partial charge in [-0.25, -0.2) is 0 Å². The second-order valence-corrected chi connectivity index (χ2v) is 6.33. The third kappa shape index (κ3) is 4.29. The summed E-state index contributed by atoms with van der Waals surface area (Å²) >= 11 is 3.46. The largest absolute Gasteiger partial charge is 0.338 e. The van der Waals surface area contributed by atoms with Crippen molar-refractivity contribution in [2.24, 2.45) is 0 Å². The Morgan fingerprint density at radius 1 is 1.36 bits per heavy atom. The number of hydrogen-bond donors (Lipinski definition) is 1. The molecule has 1 aromatic heterocycles. The van der Waals surface area contributed by atoms with E-state index < -0.39 is 0 Å². The Morgan fingerprint density at radius 2 is 2.14 bits per heavy atom. The zero-order valence-corrected chi connectivity index (χ0v) is 14.9. The second kappa shape index (κ2) is 8.06. The number of nitrogens with one attached hydrogen (secondary N) is 1. The van der Waals surface area contributed by atoms with E-state index >= 15 is 0 Å². The van der Waals surface area contributed by atoms with Crippen LogP contribution in [-0.4, -0.2) is 41.2 Å². The van der Waals surface area contributed by atoms with E-state index in [-0.39, 0.29) is 12.4 Å². The molecule has 3 rings (SSSR count). The van der Waals surface area contributed by atoms with Crippen LogP contribution < -0.4 is 5.32 Å². The quantitative estimate of drug-likeness (QED) is 0.873. The van der Waals surface area contributed by atoms with E-state index in [1.807, 2.05) is 24.3 Å². The lowest BCUT2D eigenvalue weighted by molar-refractivity contribution is 0.171. The normalized spacial score (nSPS) is 15.8. The van der Waals surface area contributed by atoms with Gasteiger partial charge in [0.25, 0.3) is 0 Å². The molecule has 5 nitrogen and oxygen atoms in total. The third-order valence-electron chi connectivity index (χ3n) is 3.87. The maximum absolute atomic E-state index is 5.39. The molecule has 2 heterocycles. The molecule has 7 heteroatoms. The van der Waals surface area contributed by atoms with Gasteiger partial charge in [0.15, 0.2) is 0 Å². The van der Waals surface area contributed by atoms with Gasteiger partial charge in [-0.05, 0) is 45.1 Å². The maximum Gasteiger partial charge on any atom is 0.241 e. The van der Waals surface area contributed by atoms with Crippen molar-refractivity contribution in [2.75, 3.05) is 20.1 Å². The fourth-order valence-electron chi connectivity index (χ4n) is 2.65. The molecule has 0 bridgehead atoms. The molecule has 1 aliphatic rings. The number of halogens is 2.